The van der Waals surface area contributed by atoms with Gasteiger partial charge in [0.15, 0.2) is 0 Å². The fraction of sp³-hybridized carbons (Fsp3) is 0.304. The minimum atomic E-state index is -4.32. The van der Waals surface area contributed by atoms with Crippen LogP contribution in [0.5, 0.6) is 0 Å². The highest BCUT2D eigenvalue weighted by Gasteiger charge is 2.30. The number of carbonyl (C=O) groups is 1. The molecule has 4 rings (SSSR count). The Balaban J connectivity index is 1.26. The van der Waals surface area contributed by atoms with Crippen molar-refractivity contribution in [1.82, 2.24) is 14.8 Å². The van der Waals surface area contributed by atoms with Gasteiger partial charge in [0.05, 0.1) is 16.8 Å². The summed E-state index contributed by atoms with van der Waals surface area (Å²) in [5, 5.41) is 2.03. The van der Waals surface area contributed by atoms with Gasteiger partial charge in [0.1, 0.15) is 0 Å². The number of thiazole rings is 1. The number of benzene rings is 2. The van der Waals surface area contributed by atoms with Crippen molar-refractivity contribution in [2.75, 3.05) is 26.2 Å². The number of hydrogen-bond acceptors (Lipinski definition) is 5. The van der Waals surface area contributed by atoms with Crippen LogP contribution >= 0.6 is 23.1 Å². The van der Waals surface area contributed by atoms with Crippen molar-refractivity contribution in [3.8, 4) is 0 Å². The first-order chi connectivity index (χ1) is 15.4. The predicted octanol–water partition coefficient (Wildman–Crippen LogP) is 5.41. The lowest BCUT2D eigenvalue weighted by molar-refractivity contribution is -0.137. The van der Waals surface area contributed by atoms with E-state index in [1.807, 2.05) is 40.1 Å². The molecule has 3 aromatic rings. The highest BCUT2D eigenvalue weighted by atomic mass is 32.2. The second-order valence-corrected chi connectivity index (χ2v) is 9.32. The standard InChI is InChI=1S/C23H22F3N3OS2/c24-23(25,26)19-5-1-17(2-6-19)13-28-9-11-29(12-10-28)22(30)18-3-7-21(8-4-18)32-15-20-14-31-16-27-20/h1-8,14,16H,9-13,15H2. The first-order valence-corrected chi connectivity index (χ1v) is 12.1. The maximum Gasteiger partial charge on any atom is 0.416 e. The van der Waals surface area contributed by atoms with Gasteiger partial charge >= 0.3 is 6.18 Å². The van der Waals surface area contributed by atoms with Crippen LogP contribution < -0.4 is 0 Å². The summed E-state index contributed by atoms with van der Waals surface area (Å²) in [4.78, 5) is 22.2. The summed E-state index contributed by atoms with van der Waals surface area (Å²) in [5.41, 5.74) is 3.74. The lowest BCUT2D eigenvalue weighted by Gasteiger charge is -2.34. The second-order valence-electron chi connectivity index (χ2n) is 7.56. The summed E-state index contributed by atoms with van der Waals surface area (Å²) in [6.07, 6.45) is -4.32. The molecule has 0 spiro atoms. The summed E-state index contributed by atoms with van der Waals surface area (Å²) in [6.45, 7) is 3.15. The molecule has 1 saturated heterocycles. The lowest BCUT2D eigenvalue weighted by Crippen LogP contribution is -2.48. The topological polar surface area (TPSA) is 36.4 Å². The van der Waals surface area contributed by atoms with E-state index in [9.17, 15) is 18.0 Å². The minimum Gasteiger partial charge on any atom is -0.336 e. The molecule has 0 saturated carbocycles. The van der Waals surface area contributed by atoms with Gasteiger partial charge in [0.25, 0.3) is 5.91 Å². The Kier molecular flexibility index (Phi) is 7.17. The second kappa shape index (κ2) is 10.1. The van der Waals surface area contributed by atoms with E-state index in [4.69, 9.17) is 0 Å². The molecule has 1 aliphatic heterocycles. The highest BCUT2D eigenvalue weighted by Crippen LogP contribution is 2.29. The van der Waals surface area contributed by atoms with Crippen molar-refractivity contribution in [3.63, 3.8) is 0 Å². The van der Waals surface area contributed by atoms with Crippen molar-refractivity contribution in [2.45, 2.75) is 23.4 Å². The van der Waals surface area contributed by atoms with Crippen molar-refractivity contribution < 1.29 is 18.0 Å². The Morgan fingerprint density at radius 1 is 1.00 bits per heavy atom. The van der Waals surface area contributed by atoms with Crippen molar-refractivity contribution in [1.29, 1.82) is 0 Å². The summed E-state index contributed by atoms with van der Waals surface area (Å²) in [5.74, 6) is 0.813. The van der Waals surface area contributed by atoms with Crippen molar-refractivity contribution in [3.05, 3.63) is 81.8 Å². The molecular weight excluding hydrogens is 455 g/mol. The van der Waals surface area contributed by atoms with Crippen LogP contribution in [0.2, 0.25) is 0 Å². The molecule has 2 heterocycles. The molecule has 0 atom stereocenters. The molecule has 0 N–H and O–H groups in total. The number of hydrogen-bond donors (Lipinski definition) is 0. The van der Waals surface area contributed by atoms with Gasteiger partial charge in [-0.1, -0.05) is 12.1 Å². The zero-order chi connectivity index (χ0) is 22.6. The van der Waals surface area contributed by atoms with Crippen LogP contribution in [0.25, 0.3) is 0 Å². The molecule has 32 heavy (non-hydrogen) atoms. The molecule has 9 heteroatoms. The number of amides is 1. The Morgan fingerprint density at radius 2 is 1.69 bits per heavy atom. The SMILES string of the molecule is O=C(c1ccc(SCc2cscn2)cc1)N1CCN(Cc2ccc(C(F)(F)F)cc2)CC1. The zero-order valence-electron chi connectivity index (χ0n) is 17.2. The fourth-order valence-electron chi connectivity index (χ4n) is 3.51. The van der Waals surface area contributed by atoms with Crippen LogP contribution in [0.4, 0.5) is 13.2 Å². The largest absolute Gasteiger partial charge is 0.416 e. The number of aromatic nitrogens is 1. The molecule has 0 radical (unpaired) electrons. The van der Waals surface area contributed by atoms with Gasteiger partial charge in [-0.2, -0.15) is 13.2 Å². The van der Waals surface area contributed by atoms with E-state index in [-0.39, 0.29) is 5.91 Å². The van der Waals surface area contributed by atoms with Gasteiger partial charge in [-0.15, -0.1) is 23.1 Å². The van der Waals surface area contributed by atoms with Gasteiger partial charge in [0.2, 0.25) is 0 Å². The Hall–Kier alpha value is -2.36. The quantitative estimate of drug-likeness (QED) is 0.445. The molecule has 4 nitrogen and oxygen atoms in total. The predicted molar refractivity (Wildman–Crippen MR) is 121 cm³/mol. The zero-order valence-corrected chi connectivity index (χ0v) is 18.8. The Labute approximate surface area is 193 Å². The smallest absolute Gasteiger partial charge is 0.336 e. The van der Waals surface area contributed by atoms with E-state index >= 15 is 0 Å². The van der Waals surface area contributed by atoms with E-state index < -0.39 is 11.7 Å². The number of rotatable bonds is 6. The van der Waals surface area contributed by atoms with E-state index in [0.717, 1.165) is 34.0 Å². The lowest BCUT2D eigenvalue weighted by atomic mass is 10.1. The molecular formula is C23H22F3N3OS2. The fourth-order valence-corrected chi connectivity index (χ4v) is 4.97. The third kappa shape index (κ3) is 5.90. The van der Waals surface area contributed by atoms with Gasteiger partial charge in [-0.3, -0.25) is 9.69 Å². The minimum absolute atomic E-state index is 0.00947. The van der Waals surface area contributed by atoms with Crippen LogP contribution in [0.3, 0.4) is 0 Å². The first-order valence-electron chi connectivity index (χ1n) is 10.2. The van der Waals surface area contributed by atoms with E-state index in [0.29, 0.717) is 38.3 Å². The average Bonchev–Trinajstić information content (AvgIpc) is 3.32. The third-order valence-corrected chi connectivity index (χ3v) is 7.00. The highest BCUT2D eigenvalue weighted by molar-refractivity contribution is 7.98. The Bertz CT molecular complexity index is 1010. The normalized spacial score (nSPS) is 15.2. The molecule has 0 bridgehead atoms. The van der Waals surface area contributed by atoms with Gasteiger partial charge < -0.3 is 4.90 Å². The van der Waals surface area contributed by atoms with Crippen LogP contribution in [-0.2, 0) is 18.5 Å². The maximum atomic E-state index is 12.8. The van der Waals surface area contributed by atoms with Crippen LogP contribution in [0, 0.1) is 0 Å². The van der Waals surface area contributed by atoms with Crippen molar-refractivity contribution in [2.24, 2.45) is 0 Å². The molecule has 0 aliphatic carbocycles. The van der Waals surface area contributed by atoms with Gasteiger partial charge in [0, 0.05) is 54.3 Å². The summed E-state index contributed by atoms with van der Waals surface area (Å²) < 4.78 is 38.1. The molecule has 1 aliphatic rings. The van der Waals surface area contributed by atoms with Crippen LogP contribution in [0.1, 0.15) is 27.2 Å². The maximum absolute atomic E-state index is 12.8. The van der Waals surface area contributed by atoms with Crippen LogP contribution in [-0.4, -0.2) is 46.9 Å². The van der Waals surface area contributed by atoms with E-state index in [2.05, 4.69) is 9.88 Å². The molecule has 1 amide bonds. The monoisotopic (exact) mass is 477 g/mol. The number of carbonyl (C=O) groups excluding carboxylic acids is 1. The average molecular weight is 478 g/mol. The summed E-state index contributed by atoms with van der Waals surface area (Å²) in [6, 6.07) is 12.9. The molecule has 1 fully saturated rings. The van der Waals surface area contributed by atoms with Crippen molar-refractivity contribution >= 4 is 29.0 Å². The summed E-state index contributed by atoms with van der Waals surface area (Å²) >= 11 is 3.27. The number of piperazine rings is 1. The molecule has 2 aromatic carbocycles. The van der Waals surface area contributed by atoms with Gasteiger partial charge in [-0.05, 0) is 42.0 Å². The number of alkyl halides is 3. The number of halogens is 3. The summed E-state index contributed by atoms with van der Waals surface area (Å²) in [7, 11) is 0. The molecule has 168 valence electrons. The number of thioether (sulfide) groups is 1. The number of nitrogens with zero attached hydrogens (tertiary/aromatic N) is 3. The molecule has 0 unspecified atom stereocenters. The van der Waals surface area contributed by atoms with Crippen LogP contribution in [0.15, 0.2) is 64.3 Å². The van der Waals surface area contributed by atoms with Gasteiger partial charge in [-0.25, -0.2) is 4.98 Å². The Morgan fingerprint density at radius 3 is 2.28 bits per heavy atom. The van der Waals surface area contributed by atoms with E-state index in [1.165, 1.54) is 12.1 Å². The molecule has 1 aromatic heterocycles. The first kappa shape index (κ1) is 22.8. The van der Waals surface area contributed by atoms with E-state index in [1.54, 1.807) is 23.1 Å². The third-order valence-electron chi connectivity index (χ3n) is 5.32.